The Bertz CT molecular complexity index is 434. The molecule has 1 aromatic rings. The molecule has 0 aromatic heterocycles. The molecule has 0 aliphatic heterocycles. The number of aryl methyl sites for hydroxylation is 1. The molecule has 1 aromatic carbocycles. The lowest BCUT2D eigenvalue weighted by Gasteiger charge is -2.07. The van der Waals surface area contributed by atoms with Crippen LogP contribution in [0, 0.1) is 25.1 Å². The molecule has 90 valence electrons. The third-order valence-corrected chi connectivity index (χ3v) is 2.47. The van der Waals surface area contributed by atoms with Gasteiger partial charge in [0.25, 0.3) is 5.91 Å². The van der Waals surface area contributed by atoms with Gasteiger partial charge < -0.3 is 5.32 Å². The van der Waals surface area contributed by atoms with E-state index in [4.69, 9.17) is 6.42 Å². The van der Waals surface area contributed by atoms with Gasteiger partial charge >= 0.3 is 0 Å². The number of hydrogen-bond donors (Lipinski definition) is 1. The van der Waals surface area contributed by atoms with Gasteiger partial charge in [-0.25, -0.2) is 4.39 Å². The van der Waals surface area contributed by atoms with Gasteiger partial charge in [0.1, 0.15) is 5.82 Å². The summed E-state index contributed by atoms with van der Waals surface area (Å²) in [5.41, 5.74) is 1.16. The fourth-order valence-corrected chi connectivity index (χ4v) is 1.53. The Kier molecular flexibility index (Phi) is 5.22. The highest BCUT2D eigenvalue weighted by atomic mass is 19.1. The van der Waals surface area contributed by atoms with Crippen LogP contribution >= 0.6 is 0 Å². The molecule has 0 spiro atoms. The van der Waals surface area contributed by atoms with Crippen molar-refractivity contribution in [2.45, 2.75) is 26.2 Å². The number of unbranched alkanes of at least 4 members (excludes halogenated alkanes) is 2. The van der Waals surface area contributed by atoms with Gasteiger partial charge in [0, 0.05) is 18.5 Å². The van der Waals surface area contributed by atoms with Crippen LogP contribution in [-0.2, 0) is 0 Å². The fourth-order valence-electron chi connectivity index (χ4n) is 1.53. The van der Waals surface area contributed by atoms with Crippen LogP contribution in [-0.4, -0.2) is 12.5 Å². The molecule has 0 aliphatic carbocycles. The number of hydrogen-bond acceptors (Lipinski definition) is 1. The van der Waals surface area contributed by atoms with E-state index in [1.165, 1.54) is 18.2 Å². The molecular weight excluding hydrogens is 217 g/mol. The largest absolute Gasteiger partial charge is 0.352 e. The van der Waals surface area contributed by atoms with E-state index in [9.17, 15) is 9.18 Å². The number of nitrogens with one attached hydrogen (secondary N) is 1. The van der Waals surface area contributed by atoms with Crippen molar-refractivity contribution in [2.75, 3.05) is 6.54 Å². The van der Waals surface area contributed by atoms with E-state index < -0.39 is 0 Å². The Labute approximate surface area is 101 Å². The molecule has 1 rings (SSSR count). The SMILES string of the molecule is C#CCCCCNC(=O)c1ccc(F)cc1C. The predicted molar refractivity (Wildman–Crippen MR) is 66.2 cm³/mol. The number of carbonyl (C=O) groups excluding carboxylic acids is 1. The topological polar surface area (TPSA) is 29.1 Å². The molecular formula is C14H16FNO. The van der Waals surface area contributed by atoms with Gasteiger partial charge in [-0.15, -0.1) is 12.3 Å². The average Bonchev–Trinajstić information content (AvgIpc) is 2.28. The molecule has 0 fully saturated rings. The number of rotatable bonds is 5. The van der Waals surface area contributed by atoms with Crippen LogP contribution in [0.4, 0.5) is 4.39 Å². The summed E-state index contributed by atoms with van der Waals surface area (Å²) in [5.74, 6) is 2.06. The Morgan fingerprint density at radius 1 is 1.47 bits per heavy atom. The molecule has 1 amide bonds. The highest BCUT2D eigenvalue weighted by Crippen LogP contribution is 2.09. The van der Waals surface area contributed by atoms with E-state index in [1.54, 1.807) is 6.92 Å². The number of carbonyl (C=O) groups is 1. The Balaban J connectivity index is 2.45. The number of terminal acetylenes is 1. The van der Waals surface area contributed by atoms with Crippen LogP contribution in [0.2, 0.25) is 0 Å². The number of halogens is 1. The lowest BCUT2D eigenvalue weighted by Crippen LogP contribution is -2.25. The lowest BCUT2D eigenvalue weighted by molar-refractivity contribution is 0.0952. The second kappa shape index (κ2) is 6.70. The Hall–Kier alpha value is -1.82. The molecule has 17 heavy (non-hydrogen) atoms. The highest BCUT2D eigenvalue weighted by Gasteiger charge is 2.08. The van der Waals surface area contributed by atoms with Gasteiger partial charge in [0.15, 0.2) is 0 Å². The van der Waals surface area contributed by atoms with Crippen molar-refractivity contribution in [2.24, 2.45) is 0 Å². The Morgan fingerprint density at radius 2 is 2.24 bits per heavy atom. The van der Waals surface area contributed by atoms with E-state index in [2.05, 4.69) is 11.2 Å². The first-order valence-electron chi connectivity index (χ1n) is 5.63. The molecule has 1 N–H and O–H groups in total. The highest BCUT2D eigenvalue weighted by molar-refractivity contribution is 5.95. The van der Waals surface area contributed by atoms with Gasteiger partial charge in [-0.3, -0.25) is 4.79 Å². The minimum Gasteiger partial charge on any atom is -0.352 e. The summed E-state index contributed by atoms with van der Waals surface area (Å²) < 4.78 is 12.9. The van der Waals surface area contributed by atoms with Crippen molar-refractivity contribution in [3.63, 3.8) is 0 Å². The quantitative estimate of drug-likeness (QED) is 0.615. The standard InChI is InChI=1S/C14H16FNO/c1-3-4-5-6-9-16-14(17)13-8-7-12(15)10-11(13)2/h1,7-8,10H,4-6,9H2,2H3,(H,16,17). The van der Waals surface area contributed by atoms with Gasteiger partial charge in [-0.05, 0) is 43.5 Å². The molecule has 0 aliphatic rings. The predicted octanol–water partition coefficient (Wildman–Crippen LogP) is 2.67. The van der Waals surface area contributed by atoms with Crippen molar-refractivity contribution in [3.05, 3.63) is 35.1 Å². The second-order valence-corrected chi connectivity index (χ2v) is 3.88. The van der Waals surface area contributed by atoms with Crippen LogP contribution in [0.25, 0.3) is 0 Å². The molecule has 0 saturated carbocycles. The maximum Gasteiger partial charge on any atom is 0.251 e. The van der Waals surface area contributed by atoms with Gasteiger partial charge in [-0.2, -0.15) is 0 Å². The van der Waals surface area contributed by atoms with Gasteiger partial charge in [-0.1, -0.05) is 0 Å². The van der Waals surface area contributed by atoms with E-state index in [0.717, 1.165) is 19.3 Å². The fraction of sp³-hybridized carbons (Fsp3) is 0.357. The molecule has 2 nitrogen and oxygen atoms in total. The molecule has 3 heteroatoms. The summed E-state index contributed by atoms with van der Waals surface area (Å²) in [5, 5.41) is 2.79. The first kappa shape index (κ1) is 13.2. The third-order valence-electron chi connectivity index (χ3n) is 2.47. The van der Waals surface area contributed by atoms with E-state index in [0.29, 0.717) is 17.7 Å². The number of amides is 1. The summed E-state index contributed by atoms with van der Waals surface area (Å²) in [4.78, 5) is 11.7. The lowest BCUT2D eigenvalue weighted by atomic mass is 10.1. The van der Waals surface area contributed by atoms with Crippen LogP contribution in [0.1, 0.15) is 35.2 Å². The second-order valence-electron chi connectivity index (χ2n) is 3.88. The monoisotopic (exact) mass is 233 g/mol. The summed E-state index contributed by atoms with van der Waals surface area (Å²) in [6.07, 6.45) is 7.61. The zero-order valence-corrected chi connectivity index (χ0v) is 9.92. The van der Waals surface area contributed by atoms with Gasteiger partial charge in [0.05, 0.1) is 0 Å². The van der Waals surface area contributed by atoms with Crippen molar-refractivity contribution < 1.29 is 9.18 Å². The number of benzene rings is 1. The van der Waals surface area contributed by atoms with Crippen LogP contribution < -0.4 is 5.32 Å². The smallest absolute Gasteiger partial charge is 0.251 e. The van der Waals surface area contributed by atoms with Crippen LogP contribution in [0.15, 0.2) is 18.2 Å². The minimum atomic E-state index is -0.326. The molecule has 0 saturated heterocycles. The van der Waals surface area contributed by atoms with Crippen molar-refractivity contribution >= 4 is 5.91 Å². The maximum absolute atomic E-state index is 12.9. The normalized spacial score (nSPS) is 9.71. The van der Waals surface area contributed by atoms with Crippen molar-refractivity contribution in [3.8, 4) is 12.3 Å². The minimum absolute atomic E-state index is 0.164. The first-order chi connectivity index (χ1) is 8.15. The molecule has 0 bridgehead atoms. The zero-order valence-electron chi connectivity index (χ0n) is 9.92. The zero-order chi connectivity index (χ0) is 12.7. The molecule has 0 unspecified atom stereocenters. The van der Waals surface area contributed by atoms with E-state index in [1.807, 2.05) is 0 Å². The summed E-state index contributed by atoms with van der Waals surface area (Å²) >= 11 is 0. The van der Waals surface area contributed by atoms with Gasteiger partial charge in [0.2, 0.25) is 0 Å². The summed E-state index contributed by atoms with van der Waals surface area (Å²) in [6, 6.07) is 4.15. The maximum atomic E-state index is 12.9. The summed E-state index contributed by atoms with van der Waals surface area (Å²) in [6.45, 7) is 2.31. The third kappa shape index (κ3) is 4.28. The van der Waals surface area contributed by atoms with Crippen molar-refractivity contribution in [1.82, 2.24) is 5.32 Å². The van der Waals surface area contributed by atoms with Crippen molar-refractivity contribution in [1.29, 1.82) is 0 Å². The first-order valence-corrected chi connectivity index (χ1v) is 5.63. The molecule has 0 radical (unpaired) electrons. The Morgan fingerprint density at radius 3 is 2.88 bits per heavy atom. The average molecular weight is 233 g/mol. The van der Waals surface area contributed by atoms with Crippen LogP contribution in [0.5, 0.6) is 0 Å². The van der Waals surface area contributed by atoms with E-state index in [-0.39, 0.29) is 11.7 Å². The summed E-state index contributed by atoms with van der Waals surface area (Å²) in [7, 11) is 0. The molecule has 0 heterocycles. The molecule has 0 atom stereocenters. The van der Waals surface area contributed by atoms with E-state index >= 15 is 0 Å². The van der Waals surface area contributed by atoms with Crippen LogP contribution in [0.3, 0.4) is 0 Å².